The van der Waals surface area contributed by atoms with E-state index in [9.17, 15) is 4.79 Å². The van der Waals surface area contributed by atoms with Crippen LogP contribution in [0, 0.1) is 6.92 Å². The predicted molar refractivity (Wildman–Crippen MR) is 55.6 cm³/mol. The highest BCUT2D eigenvalue weighted by molar-refractivity contribution is 9.10. The van der Waals surface area contributed by atoms with Gasteiger partial charge in [0, 0.05) is 9.86 Å². The van der Waals surface area contributed by atoms with Gasteiger partial charge in [0.15, 0.2) is 0 Å². The number of carbonyl (C=O) groups is 1. The first-order chi connectivity index (χ1) is 6.59. The highest BCUT2D eigenvalue weighted by Crippen LogP contribution is 2.23. The van der Waals surface area contributed by atoms with Crippen LogP contribution in [0.3, 0.4) is 0 Å². The minimum absolute atomic E-state index is 0.640. The minimum atomic E-state index is -1.06. The quantitative estimate of drug-likeness (QED) is 0.787. The number of carboxylic acid groups (broad SMARTS) is 1. The summed E-state index contributed by atoms with van der Waals surface area (Å²) in [6, 6.07) is 3.71. The summed E-state index contributed by atoms with van der Waals surface area (Å²) in [5.41, 5.74) is 1.52. The van der Waals surface area contributed by atoms with Crippen molar-refractivity contribution < 1.29 is 9.90 Å². The molecule has 0 aliphatic carbocycles. The fraction of sp³-hybridized carbons (Fsp3) is 0.111. The third-order valence-corrected chi connectivity index (χ3v) is 2.46. The normalized spacial score (nSPS) is 10.7. The number of rotatable bonds is 0. The number of nitrogens with zero attached hydrogens (tertiary/aromatic N) is 2. The number of halogens is 1. The summed E-state index contributed by atoms with van der Waals surface area (Å²) < 4.78 is 1.91. The maximum Gasteiger partial charge on any atom is 0.432 e. The molecular weight excluding hydrogens is 248 g/mol. The van der Waals surface area contributed by atoms with Gasteiger partial charge in [-0.05, 0) is 24.6 Å². The second-order valence-corrected chi connectivity index (χ2v) is 3.92. The lowest BCUT2D eigenvalue weighted by Crippen LogP contribution is -2.09. The molecule has 0 atom stereocenters. The summed E-state index contributed by atoms with van der Waals surface area (Å²) in [6.45, 7) is 1.86. The molecule has 72 valence electrons. The lowest BCUT2D eigenvalue weighted by Gasteiger charge is -2.00. The molecule has 2 aromatic rings. The SMILES string of the molecule is Cc1cc(Br)cc2cnn(C(=O)O)c12. The molecule has 0 amide bonds. The molecular formula is C9H7BrN2O2. The van der Waals surface area contributed by atoms with Gasteiger partial charge in [-0.2, -0.15) is 9.78 Å². The highest BCUT2D eigenvalue weighted by Gasteiger charge is 2.11. The molecule has 0 saturated heterocycles. The van der Waals surface area contributed by atoms with E-state index in [-0.39, 0.29) is 0 Å². The lowest BCUT2D eigenvalue weighted by atomic mass is 10.2. The molecule has 1 heterocycles. The lowest BCUT2D eigenvalue weighted by molar-refractivity contribution is 0.194. The van der Waals surface area contributed by atoms with E-state index in [1.165, 1.54) is 0 Å². The van der Waals surface area contributed by atoms with Crippen LogP contribution in [-0.4, -0.2) is 21.0 Å². The summed E-state index contributed by atoms with van der Waals surface area (Å²) in [5.74, 6) is 0. The van der Waals surface area contributed by atoms with Crippen LogP contribution in [0.15, 0.2) is 22.8 Å². The smallest absolute Gasteiger partial charge is 0.432 e. The Bertz CT molecular complexity index is 519. The molecule has 1 aromatic heterocycles. The summed E-state index contributed by atoms with van der Waals surface area (Å²) in [7, 11) is 0. The molecule has 0 radical (unpaired) electrons. The predicted octanol–water partition coefficient (Wildman–Crippen LogP) is 2.63. The Morgan fingerprint density at radius 3 is 2.93 bits per heavy atom. The molecule has 4 nitrogen and oxygen atoms in total. The van der Waals surface area contributed by atoms with Crippen molar-refractivity contribution in [3.8, 4) is 0 Å². The monoisotopic (exact) mass is 254 g/mol. The zero-order valence-electron chi connectivity index (χ0n) is 7.36. The number of fused-ring (bicyclic) bond motifs is 1. The Kier molecular flexibility index (Phi) is 2.03. The molecule has 2 rings (SSSR count). The Hall–Kier alpha value is -1.36. The van der Waals surface area contributed by atoms with Gasteiger partial charge in [-0.15, -0.1) is 0 Å². The third-order valence-electron chi connectivity index (χ3n) is 2.00. The van der Waals surface area contributed by atoms with Gasteiger partial charge in [-0.3, -0.25) is 0 Å². The van der Waals surface area contributed by atoms with Gasteiger partial charge >= 0.3 is 6.09 Å². The zero-order chi connectivity index (χ0) is 10.3. The van der Waals surface area contributed by atoms with Crippen LogP contribution < -0.4 is 0 Å². The standard InChI is InChI=1S/C9H7BrN2O2/c1-5-2-7(10)3-6-4-11-12(8(5)6)9(13)14/h2-4H,1H3,(H,13,14). The van der Waals surface area contributed by atoms with E-state index in [2.05, 4.69) is 21.0 Å². The zero-order valence-corrected chi connectivity index (χ0v) is 8.95. The average Bonchev–Trinajstić information content (AvgIpc) is 2.47. The van der Waals surface area contributed by atoms with E-state index in [0.717, 1.165) is 20.1 Å². The number of hydrogen-bond acceptors (Lipinski definition) is 2. The van der Waals surface area contributed by atoms with Gasteiger partial charge in [0.25, 0.3) is 0 Å². The molecule has 0 bridgehead atoms. The molecule has 0 aliphatic rings. The van der Waals surface area contributed by atoms with Gasteiger partial charge in [-0.1, -0.05) is 15.9 Å². The van der Waals surface area contributed by atoms with E-state index in [1.807, 2.05) is 19.1 Å². The number of aromatic nitrogens is 2. The molecule has 1 aromatic carbocycles. The van der Waals surface area contributed by atoms with Crippen molar-refractivity contribution in [3.05, 3.63) is 28.4 Å². The molecule has 0 fully saturated rings. The fourth-order valence-electron chi connectivity index (χ4n) is 1.47. The Morgan fingerprint density at radius 2 is 2.29 bits per heavy atom. The van der Waals surface area contributed by atoms with Gasteiger partial charge < -0.3 is 5.11 Å². The van der Waals surface area contributed by atoms with Crippen molar-refractivity contribution >= 4 is 32.9 Å². The topological polar surface area (TPSA) is 55.1 Å². The van der Waals surface area contributed by atoms with Crippen LogP contribution in [-0.2, 0) is 0 Å². The highest BCUT2D eigenvalue weighted by atomic mass is 79.9. The first-order valence-electron chi connectivity index (χ1n) is 3.97. The maximum absolute atomic E-state index is 10.8. The molecule has 5 heteroatoms. The van der Waals surface area contributed by atoms with Gasteiger partial charge in [0.1, 0.15) is 0 Å². The Balaban J connectivity index is 2.85. The van der Waals surface area contributed by atoms with Crippen molar-refractivity contribution in [2.45, 2.75) is 6.92 Å². The summed E-state index contributed by atoms with van der Waals surface area (Å²) in [4.78, 5) is 10.8. The van der Waals surface area contributed by atoms with Crippen molar-refractivity contribution in [2.75, 3.05) is 0 Å². The van der Waals surface area contributed by atoms with E-state index in [1.54, 1.807) is 6.20 Å². The van der Waals surface area contributed by atoms with Crippen LogP contribution in [0.2, 0.25) is 0 Å². The second kappa shape index (κ2) is 3.09. The first kappa shape index (κ1) is 9.21. The van der Waals surface area contributed by atoms with E-state index < -0.39 is 6.09 Å². The Labute approximate surface area is 88.3 Å². The average molecular weight is 255 g/mol. The van der Waals surface area contributed by atoms with Crippen molar-refractivity contribution in [3.63, 3.8) is 0 Å². The number of hydrogen-bond donors (Lipinski definition) is 1. The maximum atomic E-state index is 10.8. The largest absolute Gasteiger partial charge is 0.463 e. The Morgan fingerprint density at radius 1 is 1.57 bits per heavy atom. The molecule has 0 aliphatic heterocycles. The van der Waals surface area contributed by atoms with Crippen LogP contribution >= 0.6 is 15.9 Å². The second-order valence-electron chi connectivity index (χ2n) is 3.00. The summed E-state index contributed by atoms with van der Waals surface area (Å²) in [5, 5.41) is 13.5. The summed E-state index contributed by atoms with van der Waals surface area (Å²) in [6.07, 6.45) is 0.478. The van der Waals surface area contributed by atoms with Crippen LogP contribution in [0.25, 0.3) is 10.9 Å². The van der Waals surface area contributed by atoms with Crippen LogP contribution in [0.1, 0.15) is 5.56 Å². The minimum Gasteiger partial charge on any atom is -0.463 e. The molecule has 1 N–H and O–H groups in total. The molecule has 0 saturated carbocycles. The molecule has 0 unspecified atom stereocenters. The molecule has 0 spiro atoms. The van der Waals surface area contributed by atoms with Gasteiger partial charge in [0.2, 0.25) is 0 Å². The van der Waals surface area contributed by atoms with Gasteiger partial charge in [-0.25, -0.2) is 4.79 Å². The van der Waals surface area contributed by atoms with Crippen molar-refractivity contribution in [1.29, 1.82) is 0 Å². The fourth-order valence-corrected chi connectivity index (χ4v) is 2.06. The van der Waals surface area contributed by atoms with Crippen molar-refractivity contribution in [2.24, 2.45) is 0 Å². The van der Waals surface area contributed by atoms with E-state index in [4.69, 9.17) is 5.11 Å². The van der Waals surface area contributed by atoms with Crippen LogP contribution in [0.5, 0.6) is 0 Å². The number of benzene rings is 1. The summed E-state index contributed by atoms with van der Waals surface area (Å²) >= 11 is 3.35. The van der Waals surface area contributed by atoms with Crippen molar-refractivity contribution in [1.82, 2.24) is 9.78 Å². The van der Waals surface area contributed by atoms with E-state index >= 15 is 0 Å². The van der Waals surface area contributed by atoms with Gasteiger partial charge in [0.05, 0.1) is 11.7 Å². The first-order valence-corrected chi connectivity index (χ1v) is 4.76. The van der Waals surface area contributed by atoms with E-state index in [0.29, 0.717) is 5.52 Å². The molecule has 14 heavy (non-hydrogen) atoms. The number of aryl methyl sites for hydroxylation is 1. The van der Waals surface area contributed by atoms with Crippen LogP contribution in [0.4, 0.5) is 4.79 Å². The third kappa shape index (κ3) is 1.29.